The molecule has 0 aromatic heterocycles. The largest absolute Gasteiger partial charge is 0.303 e. The average molecular weight is 452 g/mol. The van der Waals surface area contributed by atoms with Gasteiger partial charge in [0.05, 0.1) is 22.7 Å². The maximum absolute atomic E-state index is 13.4. The van der Waals surface area contributed by atoms with Crippen molar-refractivity contribution < 1.29 is 14.4 Å². The van der Waals surface area contributed by atoms with Crippen LogP contribution in [0.3, 0.4) is 0 Å². The van der Waals surface area contributed by atoms with Crippen molar-refractivity contribution in [3.8, 4) is 0 Å². The van der Waals surface area contributed by atoms with Gasteiger partial charge < -0.3 is 4.90 Å². The fourth-order valence-electron chi connectivity index (χ4n) is 3.58. The molecule has 0 saturated carbocycles. The first-order valence-electron chi connectivity index (χ1n) is 9.92. The first-order valence-corrected chi connectivity index (χ1v) is 11.1. The number of para-hydroxylation sites is 1. The lowest BCUT2D eigenvalue weighted by molar-refractivity contribution is -0.133. The molecule has 2 aromatic rings. The molecule has 1 saturated heterocycles. The Morgan fingerprint density at radius 1 is 1.03 bits per heavy atom. The van der Waals surface area contributed by atoms with Crippen molar-refractivity contribution in [2.24, 2.45) is 5.92 Å². The zero-order valence-electron chi connectivity index (χ0n) is 17.1. The van der Waals surface area contributed by atoms with Gasteiger partial charge in [0.25, 0.3) is 11.8 Å². The molecule has 0 unspecified atom stereocenters. The minimum atomic E-state index is -0.480. The second-order valence-corrected chi connectivity index (χ2v) is 9.38. The number of nitrogens with zero attached hydrogens (tertiary/aromatic N) is 2. The first kappa shape index (κ1) is 21.3. The highest BCUT2D eigenvalue weighted by Crippen LogP contribution is 2.44. The highest BCUT2D eigenvalue weighted by molar-refractivity contribution is 8.26. The molecular weight excluding hydrogens is 430 g/mol. The van der Waals surface area contributed by atoms with Crippen LogP contribution < -0.4 is 10.3 Å². The average Bonchev–Trinajstić information content (AvgIpc) is 3.16. The van der Waals surface area contributed by atoms with Gasteiger partial charge in [-0.1, -0.05) is 74.1 Å². The molecule has 1 fully saturated rings. The van der Waals surface area contributed by atoms with E-state index in [4.69, 9.17) is 12.2 Å². The second-order valence-electron chi connectivity index (χ2n) is 7.74. The molecule has 2 heterocycles. The monoisotopic (exact) mass is 451 g/mol. The number of amides is 3. The normalized spacial score (nSPS) is 18.2. The zero-order chi connectivity index (χ0) is 22.1. The Morgan fingerprint density at radius 2 is 1.71 bits per heavy atom. The maximum Gasteiger partial charge on any atom is 0.286 e. The number of hydrogen-bond donors (Lipinski definition) is 1. The number of hydrazine groups is 1. The molecule has 31 heavy (non-hydrogen) atoms. The molecule has 0 atom stereocenters. The van der Waals surface area contributed by atoms with Gasteiger partial charge in [0.1, 0.15) is 0 Å². The molecule has 0 spiro atoms. The topological polar surface area (TPSA) is 69.7 Å². The number of carbonyl (C=O) groups is 3. The second kappa shape index (κ2) is 8.64. The van der Waals surface area contributed by atoms with Crippen LogP contribution in [-0.4, -0.2) is 27.1 Å². The van der Waals surface area contributed by atoms with Crippen molar-refractivity contribution >= 4 is 57.3 Å². The van der Waals surface area contributed by atoms with Crippen LogP contribution in [0.25, 0.3) is 5.57 Å². The number of nitrogens with one attached hydrogen (secondary N) is 1. The number of fused-ring (bicyclic) bond motifs is 1. The quantitative estimate of drug-likeness (QED) is 0.552. The standard InChI is InChI=1S/C23H21N3O3S2/c1-14(2)12-18(27)24-26-22(29)20(31-23(26)30)19-16-10-6-7-11-17(16)25(21(19)28)13-15-8-4-3-5-9-15/h3-11,14H,12-13H2,1-2H3,(H,24,27)/b20-19+. The summed E-state index contributed by atoms with van der Waals surface area (Å²) in [6.45, 7) is 4.23. The van der Waals surface area contributed by atoms with E-state index in [0.717, 1.165) is 28.0 Å². The molecule has 0 radical (unpaired) electrons. The molecule has 158 valence electrons. The van der Waals surface area contributed by atoms with E-state index < -0.39 is 5.91 Å². The third kappa shape index (κ3) is 4.13. The van der Waals surface area contributed by atoms with Crippen LogP contribution in [0.1, 0.15) is 31.4 Å². The smallest absolute Gasteiger partial charge is 0.286 e. The van der Waals surface area contributed by atoms with Gasteiger partial charge in [-0.3, -0.25) is 19.8 Å². The molecular formula is C23H21N3O3S2. The summed E-state index contributed by atoms with van der Waals surface area (Å²) in [5.74, 6) is -0.876. The summed E-state index contributed by atoms with van der Waals surface area (Å²) in [7, 11) is 0. The Kier molecular flexibility index (Phi) is 5.93. The lowest BCUT2D eigenvalue weighted by atomic mass is 10.1. The molecule has 8 heteroatoms. The maximum atomic E-state index is 13.4. The highest BCUT2D eigenvalue weighted by atomic mass is 32.2. The summed E-state index contributed by atoms with van der Waals surface area (Å²) in [6, 6.07) is 17.1. The lowest BCUT2D eigenvalue weighted by Gasteiger charge is -2.17. The number of carbonyl (C=O) groups excluding carboxylic acids is 3. The number of anilines is 1. The van der Waals surface area contributed by atoms with Gasteiger partial charge in [-0.05, 0) is 29.8 Å². The summed E-state index contributed by atoms with van der Waals surface area (Å²) in [5.41, 5.74) is 5.33. The van der Waals surface area contributed by atoms with E-state index in [1.807, 2.05) is 68.4 Å². The molecule has 0 bridgehead atoms. The summed E-state index contributed by atoms with van der Waals surface area (Å²) < 4.78 is 0.205. The number of benzene rings is 2. The van der Waals surface area contributed by atoms with E-state index in [2.05, 4.69) is 5.43 Å². The predicted octanol–water partition coefficient (Wildman–Crippen LogP) is 3.88. The van der Waals surface area contributed by atoms with E-state index in [9.17, 15) is 14.4 Å². The third-order valence-corrected chi connectivity index (χ3v) is 6.31. The molecule has 0 aliphatic carbocycles. The molecule has 1 N–H and O–H groups in total. The zero-order valence-corrected chi connectivity index (χ0v) is 18.8. The number of thioether (sulfide) groups is 1. The summed E-state index contributed by atoms with van der Waals surface area (Å²) in [5, 5.41) is 1.07. The third-order valence-electron chi connectivity index (χ3n) is 4.93. The van der Waals surface area contributed by atoms with Crippen molar-refractivity contribution in [1.82, 2.24) is 10.4 Å². The fourth-order valence-corrected chi connectivity index (χ4v) is 4.83. The Morgan fingerprint density at radius 3 is 2.42 bits per heavy atom. The van der Waals surface area contributed by atoms with E-state index in [-0.39, 0.29) is 33.4 Å². The van der Waals surface area contributed by atoms with Crippen LogP contribution in [0.15, 0.2) is 59.5 Å². The van der Waals surface area contributed by atoms with Crippen molar-refractivity contribution in [3.05, 3.63) is 70.6 Å². The molecule has 2 aromatic carbocycles. The summed E-state index contributed by atoms with van der Waals surface area (Å²) >= 11 is 6.37. The van der Waals surface area contributed by atoms with E-state index in [1.165, 1.54) is 0 Å². The van der Waals surface area contributed by atoms with Crippen molar-refractivity contribution in [3.63, 3.8) is 0 Å². The predicted molar refractivity (Wildman–Crippen MR) is 126 cm³/mol. The number of hydrogen-bond acceptors (Lipinski definition) is 5. The van der Waals surface area contributed by atoms with Gasteiger partial charge >= 0.3 is 0 Å². The lowest BCUT2D eigenvalue weighted by Crippen LogP contribution is -2.45. The van der Waals surface area contributed by atoms with Gasteiger partial charge in [0.15, 0.2) is 4.32 Å². The SMILES string of the molecule is CC(C)CC(=O)NN1C(=O)/C(=C2\C(=O)N(Cc3ccccc3)c3ccccc32)SC1=S. The number of thiocarbonyl (C=S) groups is 1. The number of rotatable bonds is 5. The molecule has 3 amide bonds. The molecule has 6 nitrogen and oxygen atoms in total. The summed E-state index contributed by atoms with van der Waals surface area (Å²) in [4.78, 5) is 40.6. The Bertz CT molecular complexity index is 1110. The van der Waals surface area contributed by atoms with Crippen molar-refractivity contribution in [2.75, 3.05) is 4.90 Å². The Labute approximate surface area is 190 Å². The van der Waals surface area contributed by atoms with Crippen molar-refractivity contribution in [1.29, 1.82) is 0 Å². The first-order chi connectivity index (χ1) is 14.9. The highest BCUT2D eigenvalue weighted by Gasteiger charge is 2.42. The fraction of sp³-hybridized carbons (Fsp3) is 0.217. The minimum Gasteiger partial charge on any atom is -0.303 e. The van der Waals surface area contributed by atoms with Gasteiger partial charge in [0.2, 0.25) is 5.91 Å². The van der Waals surface area contributed by atoms with E-state index in [1.54, 1.807) is 4.90 Å². The minimum absolute atomic E-state index is 0.145. The van der Waals surface area contributed by atoms with Gasteiger partial charge in [-0.25, -0.2) is 0 Å². The van der Waals surface area contributed by atoms with E-state index in [0.29, 0.717) is 17.7 Å². The molecule has 2 aliphatic rings. The van der Waals surface area contributed by atoms with Crippen LogP contribution in [0.2, 0.25) is 0 Å². The van der Waals surface area contributed by atoms with Crippen molar-refractivity contribution in [2.45, 2.75) is 26.8 Å². The van der Waals surface area contributed by atoms with Gasteiger partial charge in [0, 0.05) is 12.0 Å². The Balaban J connectivity index is 1.68. The van der Waals surface area contributed by atoms with Crippen LogP contribution in [-0.2, 0) is 20.9 Å². The van der Waals surface area contributed by atoms with Crippen LogP contribution in [0, 0.1) is 5.92 Å². The van der Waals surface area contributed by atoms with Gasteiger partial charge in [-0.15, -0.1) is 0 Å². The van der Waals surface area contributed by atoms with Crippen LogP contribution in [0.4, 0.5) is 5.69 Å². The molecule has 4 rings (SSSR count). The van der Waals surface area contributed by atoms with Gasteiger partial charge in [-0.2, -0.15) is 5.01 Å². The van der Waals surface area contributed by atoms with Crippen LogP contribution in [0.5, 0.6) is 0 Å². The molecule has 2 aliphatic heterocycles. The van der Waals surface area contributed by atoms with Crippen LogP contribution >= 0.6 is 24.0 Å². The summed E-state index contributed by atoms with van der Waals surface area (Å²) in [6.07, 6.45) is 0.273. The van der Waals surface area contributed by atoms with E-state index >= 15 is 0 Å². The Hall–Kier alpha value is -2.97.